The molecule has 1 aliphatic rings. The lowest BCUT2D eigenvalue weighted by Crippen LogP contribution is -2.63. The number of benzene rings is 1. The van der Waals surface area contributed by atoms with Crippen LogP contribution < -0.4 is 16.0 Å². The first-order valence-electron chi connectivity index (χ1n) is 11.7. The smallest absolute Gasteiger partial charge is 0.253 e. The quantitative estimate of drug-likeness (QED) is 0.331. The second-order valence-corrected chi connectivity index (χ2v) is 8.79. The Morgan fingerprint density at radius 3 is 2.66 bits per heavy atom. The van der Waals surface area contributed by atoms with Crippen LogP contribution >= 0.6 is 0 Å². The maximum Gasteiger partial charge on any atom is 0.253 e. The Morgan fingerprint density at radius 1 is 1.11 bits per heavy atom. The van der Waals surface area contributed by atoms with Crippen LogP contribution in [0.5, 0.6) is 0 Å². The van der Waals surface area contributed by atoms with Gasteiger partial charge in [-0.3, -0.25) is 9.59 Å². The molecule has 0 atom stereocenters. The van der Waals surface area contributed by atoms with E-state index in [4.69, 9.17) is 0 Å². The summed E-state index contributed by atoms with van der Waals surface area (Å²) in [5.74, 6) is -0.135. The van der Waals surface area contributed by atoms with Crippen molar-refractivity contribution < 1.29 is 14.0 Å². The number of hydrogen-bond donors (Lipinski definition) is 4. The number of fused-ring (bicyclic) bond motifs is 1. The lowest BCUT2D eigenvalue weighted by atomic mass is 9.86. The van der Waals surface area contributed by atoms with E-state index in [9.17, 15) is 14.0 Å². The van der Waals surface area contributed by atoms with Crippen LogP contribution in [0.25, 0.3) is 16.7 Å². The summed E-state index contributed by atoms with van der Waals surface area (Å²) >= 11 is 0. The van der Waals surface area contributed by atoms with Crippen molar-refractivity contribution in [2.75, 3.05) is 19.6 Å². The number of nitrogens with one attached hydrogen (secondary N) is 4. The van der Waals surface area contributed by atoms with Crippen LogP contribution in [0.1, 0.15) is 28.8 Å². The van der Waals surface area contributed by atoms with Crippen LogP contribution in [0.2, 0.25) is 0 Å². The topological polar surface area (TPSA) is 104 Å². The molecule has 5 rings (SSSR count). The van der Waals surface area contributed by atoms with E-state index in [1.54, 1.807) is 18.2 Å². The Kier molecular flexibility index (Phi) is 6.33. The van der Waals surface area contributed by atoms with Gasteiger partial charge in [0.2, 0.25) is 5.91 Å². The number of piperidine rings is 1. The van der Waals surface area contributed by atoms with Crippen molar-refractivity contribution in [3.05, 3.63) is 84.2 Å². The first-order valence-corrected chi connectivity index (χ1v) is 11.7. The van der Waals surface area contributed by atoms with Gasteiger partial charge in [-0.2, -0.15) is 0 Å². The van der Waals surface area contributed by atoms with E-state index in [1.807, 2.05) is 35.3 Å². The number of aromatic nitrogens is 3. The third kappa shape index (κ3) is 4.81. The normalized spacial score (nSPS) is 15.1. The van der Waals surface area contributed by atoms with Crippen molar-refractivity contribution in [3.63, 3.8) is 0 Å². The van der Waals surface area contributed by atoms with E-state index >= 15 is 0 Å². The molecule has 0 bridgehead atoms. The summed E-state index contributed by atoms with van der Waals surface area (Å²) in [4.78, 5) is 33.9. The average molecular weight is 475 g/mol. The fourth-order valence-corrected chi connectivity index (χ4v) is 4.55. The molecule has 1 saturated heterocycles. The first-order chi connectivity index (χ1) is 17.0. The summed E-state index contributed by atoms with van der Waals surface area (Å²) in [5, 5.41) is 10.0. The van der Waals surface area contributed by atoms with Crippen LogP contribution in [0.15, 0.2) is 67.3 Å². The number of amides is 2. The Morgan fingerprint density at radius 2 is 1.91 bits per heavy atom. The van der Waals surface area contributed by atoms with E-state index in [0.717, 1.165) is 16.5 Å². The van der Waals surface area contributed by atoms with Gasteiger partial charge in [-0.15, -0.1) is 0 Å². The van der Waals surface area contributed by atoms with Crippen molar-refractivity contribution in [3.8, 4) is 5.82 Å². The second kappa shape index (κ2) is 9.71. The van der Waals surface area contributed by atoms with Gasteiger partial charge in [0, 0.05) is 42.2 Å². The first kappa shape index (κ1) is 22.8. The van der Waals surface area contributed by atoms with E-state index in [1.165, 1.54) is 18.3 Å². The number of rotatable bonds is 7. The SMILES string of the molecule is O=C(NC1(C(=O)NCCc2c[nH]c3ccc(F)cc23)CCNCC1)c1ccc(-n2cccc2)nc1. The average Bonchev–Trinajstić information content (AvgIpc) is 3.55. The lowest BCUT2D eigenvalue weighted by molar-refractivity contribution is -0.128. The van der Waals surface area contributed by atoms with Gasteiger partial charge in [-0.1, -0.05) is 0 Å². The number of carbonyl (C=O) groups is 2. The van der Waals surface area contributed by atoms with E-state index < -0.39 is 5.54 Å². The molecule has 1 aromatic carbocycles. The minimum atomic E-state index is -1.01. The standard InChI is InChI=1S/C26H27FN6O2/c27-20-4-5-22-21(15-20)18(16-30-22)7-10-29-25(35)26(8-11-28-12-9-26)32-24(34)19-3-6-23(31-17-19)33-13-1-2-14-33/h1-6,13-17,28,30H,7-12H2,(H,29,35)(H,32,34). The molecule has 0 aliphatic carbocycles. The molecule has 0 spiro atoms. The minimum Gasteiger partial charge on any atom is -0.361 e. The minimum absolute atomic E-state index is 0.213. The van der Waals surface area contributed by atoms with Crippen LogP contribution in [0, 0.1) is 5.82 Å². The predicted octanol–water partition coefficient (Wildman–Crippen LogP) is 2.70. The number of nitrogens with zero attached hydrogens (tertiary/aromatic N) is 2. The van der Waals surface area contributed by atoms with E-state index in [0.29, 0.717) is 50.3 Å². The number of pyridine rings is 1. The van der Waals surface area contributed by atoms with Crippen LogP contribution in [0.4, 0.5) is 4.39 Å². The Bertz CT molecular complexity index is 1320. The molecule has 0 radical (unpaired) electrons. The zero-order valence-electron chi connectivity index (χ0n) is 19.2. The van der Waals surface area contributed by atoms with Crippen LogP contribution in [0.3, 0.4) is 0 Å². The van der Waals surface area contributed by atoms with Gasteiger partial charge in [-0.25, -0.2) is 9.37 Å². The van der Waals surface area contributed by atoms with Gasteiger partial charge in [0.1, 0.15) is 17.2 Å². The highest BCUT2D eigenvalue weighted by Crippen LogP contribution is 2.22. The van der Waals surface area contributed by atoms with Gasteiger partial charge in [-0.05, 0) is 80.4 Å². The Hall–Kier alpha value is -3.98. The number of aromatic amines is 1. The summed E-state index contributed by atoms with van der Waals surface area (Å²) < 4.78 is 15.5. The highest BCUT2D eigenvalue weighted by atomic mass is 19.1. The highest BCUT2D eigenvalue weighted by molar-refractivity contribution is 5.99. The van der Waals surface area contributed by atoms with Crippen molar-refractivity contribution in [2.45, 2.75) is 24.8 Å². The molecule has 2 amide bonds. The molecule has 35 heavy (non-hydrogen) atoms. The summed E-state index contributed by atoms with van der Waals surface area (Å²) in [6.45, 7) is 1.63. The fourth-order valence-electron chi connectivity index (χ4n) is 4.55. The van der Waals surface area contributed by atoms with Crippen molar-refractivity contribution in [1.29, 1.82) is 0 Å². The molecule has 3 aromatic heterocycles. The number of carbonyl (C=O) groups excluding carboxylic acids is 2. The molecule has 0 unspecified atom stereocenters. The molecule has 9 heteroatoms. The molecule has 4 heterocycles. The van der Waals surface area contributed by atoms with Crippen LogP contribution in [-0.2, 0) is 11.2 Å². The zero-order valence-corrected chi connectivity index (χ0v) is 19.2. The molecule has 180 valence electrons. The molecule has 4 aromatic rings. The van der Waals surface area contributed by atoms with Gasteiger partial charge in [0.25, 0.3) is 5.91 Å². The molecule has 1 aliphatic heterocycles. The second-order valence-electron chi connectivity index (χ2n) is 8.79. The van der Waals surface area contributed by atoms with Gasteiger partial charge in [0.15, 0.2) is 0 Å². The molecular formula is C26H27FN6O2. The largest absolute Gasteiger partial charge is 0.361 e. The van der Waals surface area contributed by atoms with Gasteiger partial charge < -0.3 is 25.5 Å². The van der Waals surface area contributed by atoms with Gasteiger partial charge in [0.05, 0.1) is 5.56 Å². The summed E-state index contributed by atoms with van der Waals surface area (Å²) in [7, 11) is 0. The molecule has 8 nitrogen and oxygen atoms in total. The summed E-state index contributed by atoms with van der Waals surface area (Å²) in [6.07, 6.45) is 8.63. The van der Waals surface area contributed by atoms with Crippen molar-refractivity contribution in [1.82, 2.24) is 30.5 Å². The molecule has 0 saturated carbocycles. The van der Waals surface area contributed by atoms with Crippen molar-refractivity contribution in [2.24, 2.45) is 0 Å². The summed E-state index contributed by atoms with van der Waals surface area (Å²) in [6, 6.07) is 11.9. The number of hydrogen-bond acceptors (Lipinski definition) is 4. The predicted molar refractivity (Wildman–Crippen MR) is 131 cm³/mol. The Balaban J connectivity index is 1.25. The summed E-state index contributed by atoms with van der Waals surface area (Å²) in [5.41, 5.74) is 1.17. The number of H-pyrrole nitrogens is 1. The maximum absolute atomic E-state index is 13.7. The Labute approximate surface area is 201 Å². The van der Waals surface area contributed by atoms with Gasteiger partial charge >= 0.3 is 0 Å². The number of halogens is 1. The highest BCUT2D eigenvalue weighted by Gasteiger charge is 2.41. The molecule has 1 fully saturated rings. The van der Waals surface area contributed by atoms with E-state index in [2.05, 4.69) is 25.9 Å². The maximum atomic E-state index is 13.7. The van der Waals surface area contributed by atoms with Crippen molar-refractivity contribution >= 4 is 22.7 Å². The lowest BCUT2D eigenvalue weighted by Gasteiger charge is -2.37. The molecule has 4 N–H and O–H groups in total. The van der Waals surface area contributed by atoms with E-state index in [-0.39, 0.29) is 17.6 Å². The molecular weight excluding hydrogens is 447 g/mol. The fraction of sp³-hybridized carbons (Fsp3) is 0.269. The zero-order chi connectivity index (χ0) is 24.3. The monoisotopic (exact) mass is 474 g/mol. The van der Waals surface area contributed by atoms with Crippen LogP contribution in [-0.4, -0.2) is 51.5 Å². The third-order valence-corrected chi connectivity index (χ3v) is 6.53. The third-order valence-electron chi connectivity index (χ3n) is 6.53.